The molecule has 4 nitrogen and oxygen atoms in total. The molecule has 2 unspecified atom stereocenters. The van der Waals surface area contributed by atoms with Crippen molar-refractivity contribution in [2.45, 2.75) is 25.3 Å². The Kier molecular flexibility index (Phi) is 5.42. The van der Waals surface area contributed by atoms with Gasteiger partial charge in [0.2, 0.25) is 0 Å². The predicted molar refractivity (Wildman–Crippen MR) is 140 cm³/mol. The van der Waals surface area contributed by atoms with Gasteiger partial charge < -0.3 is 5.32 Å². The van der Waals surface area contributed by atoms with Crippen LogP contribution >= 0.6 is 11.3 Å². The van der Waals surface area contributed by atoms with E-state index in [4.69, 9.17) is 0 Å². The van der Waals surface area contributed by atoms with E-state index in [9.17, 15) is 13.2 Å². The molecule has 8 rings (SSSR count). The molecule has 5 aromatic rings. The van der Waals surface area contributed by atoms with Gasteiger partial charge in [-0.2, -0.15) is 0 Å². The van der Waals surface area contributed by atoms with Gasteiger partial charge >= 0.3 is 6.36 Å². The van der Waals surface area contributed by atoms with Gasteiger partial charge in [0.15, 0.2) is 0 Å². The molecular weight excluding hydrogens is 514 g/mol. The summed E-state index contributed by atoms with van der Waals surface area (Å²) in [5, 5.41) is 4.30. The van der Waals surface area contributed by atoms with Crippen LogP contribution in [-0.4, -0.2) is 22.4 Å². The van der Waals surface area contributed by atoms with Crippen LogP contribution in [0.25, 0.3) is 32.2 Å². The van der Waals surface area contributed by atoms with Crippen LogP contribution in [0.4, 0.5) is 28.9 Å². The largest absolute Gasteiger partial charge is 0.522 e. The maximum atomic E-state index is 15.3. The molecule has 0 spiro atoms. The molecule has 38 heavy (non-hydrogen) atoms. The fourth-order valence-corrected chi connectivity index (χ4v) is 6.51. The van der Waals surface area contributed by atoms with Gasteiger partial charge in [0.1, 0.15) is 5.82 Å². The molecule has 9 heteroatoms. The Morgan fingerprint density at radius 1 is 0.947 bits per heavy atom. The van der Waals surface area contributed by atoms with Gasteiger partial charge in [-0.05, 0) is 84.2 Å². The SMILES string of the molecule is Fc1cc(CC2C3CC2C3OC(F)(F)F)ccc1-c1ccc2nccc(Nc3ccc4scnc4c3)c2c1. The molecule has 3 saturated carbocycles. The zero-order chi connectivity index (χ0) is 26.0. The molecule has 3 aliphatic rings. The summed E-state index contributed by atoms with van der Waals surface area (Å²) >= 11 is 1.59. The summed E-state index contributed by atoms with van der Waals surface area (Å²) in [5.41, 5.74) is 7.24. The number of thiazole rings is 1. The van der Waals surface area contributed by atoms with Crippen molar-refractivity contribution in [1.82, 2.24) is 9.97 Å². The van der Waals surface area contributed by atoms with E-state index in [0.717, 1.165) is 50.0 Å². The topological polar surface area (TPSA) is 47.0 Å². The Labute approximate surface area is 219 Å². The third-order valence-corrected chi connectivity index (χ3v) is 8.73. The van der Waals surface area contributed by atoms with Crippen LogP contribution in [0.5, 0.6) is 0 Å². The van der Waals surface area contributed by atoms with Crippen LogP contribution in [-0.2, 0) is 11.2 Å². The number of hydrogen-bond acceptors (Lipinski definition) is 5. The number of halogens is 4. The summed E-state index contributed by atoms with van der Waals surface area (Å²) in [7, 11) is 0. The second kappa shape index (κ2) is 8.74. The summed E-state index contributed by atoms with van der Waals surface area (Å²) < 4.78 is 58.2. The van der Waals surface area contributed by atoms with Crippen LogP contribution in [0.1, 0.15) is 12.0 Å². The van der Waals surface area contributed by atoms with E-state index in [-0.39, 0.29) is 23.6 Å². The van der Waals surface area contributed by atoms with Crippen molar-refractivity contribution in [2.75, 3.05) is 5.32 Å². The number of alkyl halides is 3. The quantitative estimate of drug-likeness (QED) is 0.223. The van der Waals surface area contributed by atoms with Crippen LogP contribution in [0.2, 0.25) is 0 Å². The first kappa shape index (κ1) is 23.5. The average Bonchev–Trinajstić information content (AvgIpc) is 3.33. The minimum Gasteiger partial charge on any atom is -0.355 e. The molecule has 2 heterocycles. The molecule has 2 bridgehead atoms. The summed E-state index contributed by atoms with van der Waals surface area (Å²) in [6, 6.07) is 18.7. The number of rotatable bonds is 6. The first-order valence-corrected chi connectivity index (χ1v) is 13.2. The average molecular weight is 536 g/mol. The Morgan fingerprint density at radius 2 is 1.82 bits per heavy atom. The lowest BCUT2D eigenvalue weighted by molar-refractivity contribution is -0.400. The fraction of sp³-hybridized carbons (Fsp3) is 0.241. The third-order valence-electron chi connectivity index (χ3n) is 7.92. The third kappa shape index (κ3) is 4.10. The fourth-order valence-electron chi connectivity index (χ4n) is 5.85. The van der Waals surface area contributed by atoms with Crippen molar-refractivity contribution in [3.63, 3.8) is 0 Å². The molecule has 3 fully saturated rings. The summed E-state index contributed by atoms with van der Waals surface area (Å²) in [4.78, 5) is 8.84. The minimum absolute atomic E-state index is 0.0977. The first-order chi connectivity index (χ1) is 18.3. The van der Waals surface area contributed by atoms with Crippen LogP contribution in [0, 0.1) is 23.6 Å². The van der Waals surface area contributed by atoms with Gasteiger partial charge in [0, 0.05) is 28.5 Å². The monoisotopic (exact) mass is 535 g/mol. The second-order valence-corrected chi connectivity index (χ2v) is 10.9. The molecule has 1 N–H and O–H groups in total. The minimum atomic E-state index is -4.60. The van der Waals surface area contributed by atoms with E-state index in [2.05, 4.69) is 20.0 Å². The van der Waals surface area contributed by atoms with Gasteiger partial charge in [-0.25, -0.2) is 9.37 Å². The van der Waals surface area contributed by atoms with Crippen molar-refractivity contribution in [3.8, 4) is 11.1 Å². The normalized spacial score (nSPS) is 22.3. The molecule has 2 atom stereocenters. The van der Waals surface area contributed by atoms with Gasteiger partial charge in [-0.15, -0.1) is 24.5 Å². The number of nitrogens with zero attached hydrogens (tertiary/aromatic N) is 2. The summed E-state index contributed by atoms with van der Waals surface area (Å²) in [5.74, 6) is -0.430. The van der Waals surface area contributed by atoms with Gasteiger partial charge in [-0.1, -0.05) is 18.2 Å². The zero-order valence-electron chi connectivity index (χ0n) is 19.9. The molecule has 2 aromatic heterocycles. The molecule has 3 aliphatic carbocycles. The molecule has 192 valence electrons. The van der Waals surface area contributed by atoms with Gasteiger partial charge in [-0.3, -0.25) is 9.72 Å². The number of benzene rings is 3. The highest BCUT2D eigenvalue weighted by Gasteiger charge is 2.64. The first-order valence-electron chi connectivity index (χ1n) is 12.3. The standard InChI is InChI=1S/C29H21F4N3OS/c30-23-10-15(9-19-20-13-21(19)28(20)37-29(31,32)33)1-4-18(23)16-2-5-24-22(11-16)25(7-8-34-24)36-17-3-6-27-26(12-17)35-14-38-27/h1-8,10-12,14,19-21,28H,9,13H2,(H,34,36). The summed E-state index contributed by atoms with van der Waals surface area (Å²) in [6.07, 6.45) is -2.29. The highest BCUT2D eigenvalue weighted by atomic mass is 32.1. The molecular formula is C29H21F4N3OS. The maximum Gasteiger partial charge on any atom is 0.522 e. The number of ether oxygens (including phenoxy) is 1. The van der Waals surface area contributed by atoms with Crippen molar-refractivity contribution in [2.24, 2.45) is 17.8 Å². The van der Waals surface area contributed by atoms with Crippen molar-refractivity contribution in [1.29, 1.82) is 0 Å². The van der Waals surface area contributed by atoms with E-state index in [1.54, 1.807) is 23.6 Å². The summed E-state index contributed by atoms with van der Waals surface area (Å²) in [6.45, 7) is 0. The Balaban J connectivity index is 1.12. The number of aromatic nitrogens is 2. The van der Waals surface area contributed by atoms with Crippen LogP contribution in [0.15, 0.2) is 72.4 Å². The number of pyridine rings is 1. The van der Waals surface area contributed by atoms with Crippen molar-refractivity contribution >= 4 is 43.8 Å². The number of anilines is 2. The highest BCUT2D eigenvalue weighted by molar-refractivity contribution is 7.16. The lowest BCUT2D eigenvalue weighted by Gasteiger charge is -2.64. The van der Waals surface area contributed by atoms with Crippen LogP contribution < -0.4 is 5.32 Å². The smallest absolute Gasteiger partial charge is 0.355 e. The van der Waals surface area contributed by atoms with Crippen molar-refractivity contribution < 1.29 is 22.3 Å². The molecule has 0 aliphatic heterocycles. The number of hydrogen-bond donors (Lipinski definition) is 1. The number of fused-ring (bicyclic) bond motifs is 2. The highest BCUT2D eigenvalue weighted by Crippen LogP contribution is 2.62. The number of nitrogens with one attached hydrogen (secondary N) is 1. The zero-order valence-corrected chi connectivity index (χ0v) is 20.7. The Bertz CT molecular complexity index is 1670. The van der Waals surface area contributed by atoms with Gasteiger partial charge in [0.05, 0.1) is 27.3 Å². The maximum absolute atomic E-state index is 15.3. The van der Waals surface area contributed by atoms with E-state index < -0.39 is 12.5 Å². The van der Waals surface area contributed by atoms with Gasteiger partial charge in [0.25, 0.3) is 0 Å². The van der Waals surface area contributed by atoms with Crippen LogP contribution in [0.3, 0.4) is 0 Å². The lowest BCUT2D eigenvalue weighted by atomic mass is 9.44. The van der Waals surface area contributed by atoms with E-state index >= 15 is 4.39 Å². The predicted octanol–water partition coefficient (Wildman–Crippen LogP) is 8.11. The molecule has 0 radical (unpaired) electrons. The van der Waals surface area contributed by atoms with E-state index in [0.29, 0.717) is 12.0 Å². The Morgan fingerprint density at radius 3 is 2.61 bits per heavy atom. The van der Waals surface area contributed by atoms with E-state index in [1.807, 2.05) is 54.0 Å². The van der Waals surface area contributed by atoms with E-state index in [1.165, 1.54) is 6.07 Å². The lowest BCUT2D eigenvalue weighted by Crippen LogP contribution is -2.66. The second-order valence-electron chi connectivity index (χ2n) is 10.0. The molecule has 0 saturated heterocycles. The Hall–Kier alpha value is -3.56. The van der Waals surface area contributed by atoms with Crippen molar-refractivity contribution in [3.05, 3.63) is 83.8 Å². The molecule has 0 amide bonds. The molecule has 3 aromatic carbocycles.